The van der Waals surface area contributed by atoms with Gasteiger partial charge in [0.15, 0.2) is 4.34 Å². The number of hydrogen-bond acceptors (Lipinski definition) is 6. The Morgan fingerprint density at radius 2 is 2.12 bits per heavy atom. The van der Waals surface area contributed by atoms with Crippen molar-refractivity contribution in [2.24, 2.45) is 0 Å². The predicted molar refractivity (Wildman–Crippen MR) is 98.5 cm³/mol. The maximum absolute atomic E-state index is 12.2. The Bertz CT molecular complexity index is 850. The number of aromatic nitrogens is 1. The van der Waals surface area contributed by atoms with Crippen molar-refractivity contribution in [3.63, 3.8) is 0 Å². The number of thiazole rings is 1. The predicted octanol–water partition coefficient (Wildman–Crippen LogP) is 3.09. The number of carbonyl (C=O) groups excluding carboxylic acids is 1. The molecule has 0 radical (unpaired) electrons. The molecule has 1 aromatic carbocycles. The number of thioether (sulfide) groups is 1. The second-order valence-corrected chi connectivity index (χ2v) is 9.63. The van der Waals surface area contributed by atoms with E-state index in [0.717, 1.165) is 14.3 Å². The summed E-state index contributed by atoms with van der Waals surface area (Å²) >= 11 is 8.78. The molecule has 2 rings (SSSR count). The van der Waals surface area contributed by atoms with Gasteiger partial charge in [0, 0.05) is 30.9 Å². The molecule has 1 aromatic heterocycles. The van der Waals surface area contributed by atoms with Crippen LogP contribution in [0.15, 0.2) is 32.8 Å². The molecule has 0 atom stereocenters. The SMILES string of the molecule is Cc1csc(SCC(=O)Nc2ccc(Cl)c(S(=O)(=O)N(C)C)c2)n1. The fourth-order valence-electron chi connectivity index (χ4n) is 1.70. The number of aryl methyl sites for hydroxylation is 1. The van der Waals surface area contributed by atoms with Gasteiger partial charge in [-0.3, -0.25) is 4.79 Å². The molecule has 0 unspecified atom stereocenters. The first-order valence-corrected chi connectivity index (χ1v) is 10.5. The molecule has 2 aromatic rings. The third-order valence-electron chi connectivity index (χ3n) is 2.90. The molecule has 10 heteroatoms. The average Bonchev–Trinajstić information content (AvgIpc) is 2.92. The summed E-state index contributed by atoms with van der Waals surface area (Å²) in [5.74, 6) is -0.0610. The van der Waals surface area contributed by atoms with Gasteiger partial charge >= 0.3 is 0 Å². The quantitative estimate of drug-likeness (QED) is 0.747. The number of anilines is 1. The van der Waals surface area contributed by atoms with Crippen LogP contribution in [0.3, 0.4) is 0 Å². The van der Waals surface area contributed by atoms with Gasteiger partial charge in [-0.2, -0.15) is 0 Å². The molecule has 0 aliphatic carbocycles. The van der Waals surface area contributed by atoms with E-state index in [4.69, 9.17) is 11.6 Å². The van der Waals surface area contributed by atoms with Crippen molar-refractivity contribution in [2.45, 2.75) is 16.2 Å². The molecule has 0 fully saturated rings. The molecule has 0 saturated carbocycles. The first-order valence-electron chi connectivity index (χ1n) is 6.77. The molecular formula is C14H16ClN3O3S3. The van der Waals surface area contributed by atoms with Crippen molar-refractivity contribution in [1.82, 2.24) is 9.29 Å². The minimum Gasteiger partial charge on any atom is -0.325 e. The number of hydrogen-bond donors (Lipinski definition) is 1. The summed E-state index contributed by atoms with van der Waals surface area (Å²) in [4.78, 5) is 16.2. The third kappa shape index (κ3) is 4.70. The summed E-state index contributed by atoms with van der Waals surface area (Å²) in [6, 6.07) is 4.37. The van der Waals surface area contributed by atoms with Crippen molar-refractivity contribution in [3.05, 3.63) is 34.3 Å². The van der Waals surface area contributed by atoms with E-state index in [-0.39, 0.29) is 21.6 Å². The Labute approximate surface area is 154 Å². The first kappa shape index (κ1) is 19.2. The zero-order valence-electron chi connectivity index (χ0n) is 13.2. The van der Waals surface area contributed by atoms with Crippen LogP contribution in [0.1, 0.15) is 5.69 Å². The van der Waals surface area contributed by atoms with Crippen molar-refractivity contribution in [2.75, 3.05) is 25.2 Å². The molecule has 0 aliphatic heterocycles. The summed E-state index contributed by atoms with van der Waals surface area (Å²) in [5.41, 5.74) is 1.29. The topological polar surface area (TPSA) is 79.4 Å². The maximum atomic E-state index is 12.2. The lowest BCUT2D eigenvalue weighted by Crippen LogP contribution is -2.23. The van der Waals surface area contributed by atoms with Crippen LogP contribution in [0, 0.1) is 6.92 Å². The molecule has 0 aliphatic rings. The number of sulfonamides is 1. The lowest BCUT2D eigenvalue weighted by Gasteiger charge is -2.14. The van der Waals surface area contributed by atoms with Gasteiger partial charge in [0.25, 0.3) is 0 Å². The van der Waals surface area contributed by atoms with Gasteiger partial charge in [-0.15, -0.1) is 11.3 Å². The van der Waals surface area contributed by atoms with Crippen molar-refractivity contribution in [1.29, 1.82) is 0 Å². The van der Waals surface area contributed by atoms with Crippen molar-refractivity contribution < 1.29 is 13.2 Å². The standard InChI is InChI=1S/C14H16ClN3O3S3/c1-9-7-22-14(16-9)23-8-13(19)17-10-4-5-11(15)12(6-10)24(20,21)18(2)3/h4-7H,8H2,1-3H3,(H,17,19). The molecule has 1 N–H and O–H groups in total. The van der Waals surface area contributed by atoms with E-state index in [1.165, 1.54) is 49.3 Å². The van der Waals surface area contributed by atoms with Gasteiger partial charge in [-0.25, -0.2) is 17.7 Å². The lowest BCUT2D eigenvalue weighted by molar-refractivity contribution is -0.113. The van der Waals surface area contributed by atoms with Crippen LogP contribution in [0.4, 0.5) is 5.69 Å². The molecule has 1 heterocycles. The van der Waals surface area contributed by atoms with Crippen LogP contribution in [0.5, 0.6) is 0 Å². The smallest absolute Gasteiger partial charge is 0.244 e. The Hall–Kier alpha value is -1.13. The second-order valence-electron chi connectivity index (χ2n) is 5.02. The zero-order valence-corrected chi connectivity index (χ0v) is 16.4. The number of nitrogens with zero attached hydrogens (tertiary/aromatic N) is 2. The molecular weight excluding hydrogens is 390 g/mol. The van der Waals surface area contributed by atoms with Crippen LogP contribution in [-0.4, -0.2) is 43.5 Å². The van der Waals surface area contributed by atoms with E-state index in [9.17, 15) is 13.2 Å². The van der Waals surface area contributed by atoms with Gasteiger partial charge in [0.05, 0.1) is 10.8 Å². The molecule has 130 valence electrons. The minimum atomic E-state index is -3.68. The summed E-state index contributed by atoms with van der Waals surface area (Å²) in [5, 5.41) is 4.69. The normalized spacial score (nSPS) is 11.7. The van der Waals surface area contributed by atoms with Gasteiger partial charge in [0.2, 0.25) is 15.9 Å². The summed E-state index contributed by atoms with van der Waals surface area (Å²) in [6.45, 7) is 1.89. The summed E-state index contributed by atoms with van der Waals surface area (Å²) in [7, 11) is -0.841. The van der Waals surface area contributed by atoms with E-state index in [1.807, 2.05) is 12.3 Å². The van der Waals surface area contributed by atoms with E-state index in [2.05, 4.69) is 10.3 Å². The highest BCUT2D eigenvalue weighted by atomic mass is 35.5. The molecule has 24 heavy (non-hydrogen) atoms. The number of carbonyl (C=O) groups is 1. The van der Waals surface area contributed by atoms with Crippen LogP contribution in [0.2, 0.25) is 5.02 Å². The van der Waals surface area contributed by atoms with Crippen LogP contribution < -0.4 is 5.32 Å². The van der Waals surface area contributed by atoms with E-state index in [1.54, 1.807) is 6.07 Å². The number of amides is 1. The van der Waals surface area contributed by atoms with Gasteiger partial charge in [-0.1, -0.05) is 23.4 Å². The van der Waals surface area contributed by atoms with Crippen LogP contribution in [-0.2, 0) is 14.8 Å². The lowest BCUT2D eigenvalue weighted by atomic mass is 10.3. The third-order valence-corrected chi connectivity index (χ3v) is 7.33. The molecule has 0 bridgehead atoms. The number of benzene rings is 1. The van der Waals surface area contributed by atoms with Crippen LogP contribution >= 0.6 is 34.7 Å². The first-order chi connectivity index (χ1) is 11.2. The minimum absolute atomic E-state index is 0.0461. The van der Waals surface area contributed by atoms with E-state index >= 15 is 0 Å². The number of rotatable bonds is 6. The largest absolute Gasteiger partial charge is 0.325 e. The highest BCUT2D eigenvalue weighted by Gasteiger charge is 2.21. The highest BCUT2D eigenvalue weighted by Crippen LogP contribution is 2.27. The number of nitrogens with one attached hydrogen (secondary N) is 1. The second kappa shape index (κ2) is 7.83. The summed E-state index contributed by atoms with van der Waals surface area (Å²) in [6.07, 6.45) is 0. The van der Waals surface area contributed by atoms with Gasteiger partial charge in [-0.05, 0) is 25.1 Å². The molecule has 0 spiro atoms. The monoisotopic (exact) mass is 405 g/mol. The highest BCUT2D eigenvalue weighted by molar-refractivity contribution is 8.01. The Morgan fingerprint density at radius 1 is 1.42 bits per heavy atom. The Morgan fingerprint density at radius 3 is 2.71 bits per heavy atom. The maximum Gasteiger partial charge on any atom is 0.244 e. The van der Waals surface area contributed by atoms with Crippen LogP contribution in [0.25, 0.3) is 0 Å². The average molecular weight is 406 g/mol. The van der Waals surface area contributed by atoms with Gasteiger partial charge < -0.3 is 5.32 Å². The molecule has 6 nitrogen and oxygen atoms in total. The Balaban J connectivity index is 2.08. The number of halogens is 1. The fraction of sp³-hybridized carbons (Fsp3) is 0.286. The summed E-state index contributed by atoms with van der Waals surface area (Å²) < 4.78 is 26.3. The zero-order chi connectivity index (χ0) is 17.9. The molecule has 1 amide bonds. The fourth-order valence-corrected chi connectivity index (χ4v) is 4.74. The van der Waals surface area contributed by atoms with Gasteiger partial charge in [0.1, 0.15) is 4.90 Å². The van der Waals surface area contributed by atoms with E-state index in [0.29, 0.717) is 5.69 Å². The van der Waals surface area contributed by atoms with Crippen molar-refractivity contribution >= 4 is 56.3 Å². The van der Waals surface area contributed by atoms with Crippen molar-refractivity contribution in [3.8, 4) is 0 Å². The Kier molecular flexibility index (Phi) is 6.27. The van der Waals surface area contributed by atoms with E-state index < -0.39 is 10.0 Å². The molecule has 0 saturated heterocycles.